The van der Waals surface area contributed by atoms with Gasteiger partial charge in [0.05, 0.1) is 6.54 Å². The van der Waals surface area contributed by atoms with E-state index in [2.05, 4.69) is 48.6 Å². The quantitative estimate of drug-likeness (QED) is 0.486. The Kier molecular flexibility index (Phi) is 6.50. The van der Waals surface area contributed by atoms with Crippen LogP contribution in [0.5, 0.6) is 0 Å². The van der Waals surface area contributed by atoms with E-state index in [0.29, 0.717) is 18.8 Å². The summed E-state index contributed by atoms with van der Waals surface area (Å²) >= 11 is 0. The van der Waals surface area contributed by atoms with Gasteiger partial charge in [0.25, 0.3) is 5.91 Å². The zero-order valence-corrected chi connectivity index (χ0v) is 20.8. The highest BCUT2D eigenvalue weighted by Crippen LogP contribution is 2.34. The summed E-state index contributed by atoms with van der Waals surface area (Å²) in [6.07, 6.45) is 6.78. The zero-order chi connectivity index (χ0) is 24.4. The lowest BCUT2D eigenvalue weighted by Crippen LogP contribution is -2.64. The molecular weight excluding hydrogens is 434 g/mol. The van der Waals surface area contributed by atoms with Crippen LogP contribution in [0.2, 0.25) is 0 Å². The fourth-order valence-electron chi connectivity index (χ4n) is 5.52. The number of nitrogens with zero attached hydrogens (tertiary/aromatic N) is 2. The van der Waals surface area contributed by atoms with Gasteiger partial charge in [-0.3, -0.25) is 9.59 Å². The lowest BCUT2D eigenvalue weighted by Gasteiger charge is -2.45. The molecule has 2 heterocycles. The third-order valence-electron chi connectivity index (χ3n) is 7.72. The molecule has 5 rings (SSSR count). The van der Waals surface area contributed by atoms with E-state index in [0.717, 1.165) is 42.5 Å². The van der Waals surface area contributed by atoms with Crippen LogP contribution in [0.3, 0.4) is 0 Å². The van der Waals surface area contributed by atoms with Crippen LogP contribution >= 0.6 is 0 Å². The van der Waals surface area contributed by atoms with Gasteiger partial charge in [0.1, 0.15) is 11.2 Å². The van der Waals surface area contributed by atoms with Crippen molar-refractivity contribution < 1.29 is 9.59 Å². The number of rotatable bonds is 5. The minimum Gasteiger partial charge on any atom is -0.351 e. The van der Waals surface area contributed by atoms with Crippen molar-refractivity contribution in [2.75, 3.05) is 0 Å². The first-order valence-corrected chi connectivity index (χ1v) is 12.9. The summed E-state index contributed by atoms with van der Waals surface area (Å²) in [4.78, 5) is 29.7. The molecule has 2 amide bonds. The highest BCUT2D eigenvalue weighted by atomic mass is 16.2. The Bertz CT molecular complexity index is 1190. The van der Waals surface area contributed by atoms with E-state index in [9.17, 15) is 9.59 Å². The van der Waals surface area contributed by atoms with Crippen LogP contribution in [0.25, 0.3) is 11.3 Å². The van der Waals surface area contributed by atoms with Crippen molar-refractivity contribution in [1.82, 2.24) is 14.8 Å². The van der Waals surface area contributed by atoms with Crippen LogP contribution in [0.4, 0.5) is 0 Å². The van der Waals surface area contributed by atoms with Gasteiger partial charge in [0.2, 0.25) is 5.91 Å². The summed E-state index contributed by atoms with van der Waals surface area (Å²) in [7, 11) is 0. The largest absolute Gasteiger partial charge is 0.351 e. The van der Waals surface area contributed by atoms with Crippen molar-refractivity contribution in [3.63, 3.8) is 0 Å². The molecule has 1 N–H and O–H groups in total. The summed E-state index contributed by atoms with van der Waals surface area (Å²) in [6, 6.07) is 22.4. The highest BCUT2D eigenvalue weighted by Gasteiger charge is 2.48. The smallest absolute Gasteiger partial charge is 0.271 e. The minimum absolute atomic E-state index is 0.0526. The number of amides is 2. The first kappa shape index (κ1) is 23.4. The van der Waals surface area contributed by atoms with Crippen LogP contribution in [0.15, 0.2) is 66.7 Å². The molecule has 1 aliphatic carbocycles. The van der Waals surface area contributed by atoms with Crippen LogP contribution in [0, 0.1) is 6.92 Å². The van der Waals surface area contributed by atoms with Crippen LogP contribution < -0.4 is 5.32 Å². The summed E-state index contributed by atoms with van der Waals surface area (Å²) in [5.74, 6) is -0.152. The second kappa shape index (κ2) is 9.73. The second-order valence-electron chi connectivity index (χ2n) is 10.4. The maximum absolute atomic E-state index is 14.0. The molecule has 0 bridgehead atoms. The standard InChI is InChI=1S/C30H35N3O2/c1-22-14-16-23(17-15-22)20-33-28(34)27-19-18-26(24-10-6-5-7-11-24)32(27)21-30(33,2)29(35)31-25-12-8-3-4-9-13-25/h5-7,10-11,14-19,25H,3-4,8-9,12-13,20-21H2,1-2H3,(H,31,35)/t30-/m0/s1. The van der Waals surface area contributed by atoms with Crippen molar-refractivity contribution in [2.45, 2.75) is 77.0 Å². The van der Waals surface area contributed by atoms with E-state index in [1.54, 1.807) is 4.90 Å². The predicted octanol–water partition coefficient (Wildman–Crippen LogP) is 5.72. The number of carbonyl (C=O) groups is 2. The number of benzene rings is 2. The van der Waals surface area contributed by atoms with E-state index >= 15 is 0 Å². The summed E-state index contributed by atoms with van der Waals surface area (Å²) in [6.45, 7) is 4.82. The van der Waals surface area contributed by atoms with Gasteiger partial charge in [-0.1, -0.05) is 85.8 Å². The Balaban J connectivity index is 1.52. The van der Waals surface area contributed by atoms with E-state index in [4.69, 9.17) is 0 Å². The van der Waals surface area contributed by atoms with Gasteiger partial charge in [-0.25, -0.2) is 0 Å². The number of carbonyl (C=O) groups excluding carboxylic acids is 2. The molecule has 0 spiro atoms. The Morgan fingerprint density at radius 1 is 0.914 bits per heavy atom. The van der Waals surface area contributed by atoms with Crippen LogP contribution in [-0.4, -0.2) is 32.9 Å². The van der Waals surface area contributed by atoms with Gasteiger partial charge in [0.15, 0.2) is 0 Å². The monoisotopic (exact) mass is 469 g/mol. The third kappa shape index (κ3) is 4.64. The molecule has 1 aromatic heterocycles. The fraction of sp³-hybridized carbons (Fsp3) is 0.400. The molecule has 182 valence electrons. The number of aryl methyl sites for hydroxylation is 1. The number of nitrogens with one attached hydrogen (secondary N) is 1. The molecule has 3 aromatic rings. The molecule has 0 saturated heterocycles. The van der Waals surface area contributed by atoms with Crippen molar-refractivity contribution in [3.8, 4) is 11.3 Å². The molecule has 2 aromatic carbocycles. The molecule has 1 atom stereocenters. The first-order valence-electron chi connectivity index (χ1n) is 12.9. The Morgan fingerprint density at radius 3 is 2.26 bits per heavy atom. The maximum Gasteiger partial charge on any atom is 0.271 e. The molecule has 0 unspecified atom stereocenters. The van der Waals surface area contributed by atoms with Gasteiger partial charge in [-0.15, -0.1) is 0 Å². The topological polar surface area (TPSA) is 54.3 Å². The summed E-state index contributed by atoms with van der Waals surface area (Å²) in [5, 5.41) is 3.35. The van der Waals surface area contributed by atoms with E-state index in [-0.39, 0.29) is 17.9 Å². The first-order chi connectivity index (χ1) is 17.0. The number of aromatic nitrogens is 1. The molecule has 5 heteroatoms. The lowest BCUT2D eigenvalue weighted by molar-refractivity contribution is -0.134. The van der Waals surface area contributed by atoms with Crippen LogP contribution in [0.1, 0.15) is 67.1 Å². The number of hydrogen-bond donors (Lipinski definition) is 1. The molecule has 35 heavy (non-hydrogen) atoms. The third-order valence-corrected chi connectivity index (χ3v) is 7.72. The van der Waals surface area contributed by atoms with Crippen molar-refractivity contribution >= 4 is 11.8 Å². The van der Waals surface area contributed by atoms with Crippen molar-refractivity contribution in [2.24, 2.45) is 0 Å². The molecule has 1 aliphatic heterocycles. The SMILES string of the molecule is Cc1ccc(CN2C(=O)c3ccc(-c4ccccc4)n3C[C@@]2(C)C(=O)NC2CCCCCC2)cc1. The second-order valence-corrected chi connectivity index (χ2v) is 10.4. The van der Waals surface area contributed by atoms with Gasteiger partial charge < -0.3 is 14.8 Å². The molecule has 1 saturated carbocycles. The van der Waals surface area contributed by atoms with E-state index in [1.165, 1.54) is 18.4 Å². The number of fused-ring (bicyclic) bond motifs is 1. The highest BCUT2D eigenvalue weighted by molar-refractivity contribution is 6.00. The molecular formula is C30H35N3O2. The predicted molar refractivity (Wildman–Crippen MR) is 139 cm³/mol. The Labute approximate surface area is 208 Å². The van der Waals surface area contributed by atoms with E-state index in [1.807, 2.05) is 41.8 Å². The van der Waals surface area contributed by atoms with Crippen molar-refractivity contribution in [1.29, 1.82) is 0 Å². The van der Waals surface area contributed by atoms with Gasteiger partial charge in [0, 0.05) is 18.3 Å². The Hall–Kier alpha value is -3.34. The zero-order valence-electron chi connectivity index (χ0n) is 20.8. The van der Waals surface area contributed by atoms with Gasteiger partial charge in [-0.05, 0) is 49.9 Å². The van der Waals surface area contributed by atoms with Crippen molar-refractivity contribution in [3.05, 3.63) is 83.6 Å². The average Bonchev–Trinajstić information content (AvgIpc) is 3.11. The average molecular weight is 470 g/mol. The summed E-state index contributed by atoms with van der Waals surface area (Å²) < 4.78 is 2.04. The normalized spacial score (nSPS) is 20.9. The molecule has 2 aliphatic rings. The maximum atomic E-state index is 14.0. The van der Waals surface area contributed by atoms with Gasteiger partial charge in [-0.2, -0.15) is 0 Å². The summed E-state index contributed by atoms with van der Waals surface area (Å²) in [5.41, 5.74) is 3.86. The molecule has 0 radical (unpaired) electrons. The molecule has 5 nitrogen and oxygen atoms in total. The minimum atomic E-state index is -0.996. The lowest BCUT2D eigenvalue weighted by atomic mass is 9.92. The Morgan fingerprint density at radius 2 is 1.57 bits per heavy atom. The fourth-order valence-corrected chi connectivity index (χ4v) is 5.52. The van der Waals surface area contributed by atoms with E-state index < -0.39 is 5.54 Å². The number of hydrogen-bond acceptors (Lipinski definition) is 2. The van der Waals surface area contributed by atoms with Gasteiger partial charge >= 0.3 is 0 Å². The molecule has 1 fully saturated rings. The van der Waals surface area contributed by atoms with Crippen LogP contribution in [-0.2, 0) is 17.9 Å².